The van der Waals surface area contributed by atoms with E-state index < -0.39 is 0 Å². The lowest BCUT2D eigenvalue weighted by atomic mass is 10.1. The van der Waals surface area contributed by atoms with Gasteiger partial charge in [-0.1, -0.05) is 0 Å². The molecule has 0 bridgehead atoms. The molecule has 0 saturated heterocycles. The summed E-state index contributed by atoms with van der Waals surface area (Å²) in [6.45, 7) is 3.33. The molecular weight excluding hydrogens is 240 g/mol. The molecule has 2 aromatic rings. The summed E-state index contributed by atoms with van der Waals surface area (Å²) in [5, 5.41) is 3.12. The summed E-state index contributed by atoms with van der Waals surface area (Å²) < 4.78 is 5.47. The molecule has 0 aliphatic carbocycles. The highest BCUT2D eigenvalue weighted by atomic mass is 16.5. The summed E-state index contributed by atoms with van der Waals surface area (Å²) in [4.78, 5) is 13.5. The van der Waals surface area contributed by atoms with Crippen LogP contribution in [0.2, 0.25) is 0 Å². The van der Waals surface area contributed by atoms with Gasteiger partial charge in [-0.2, -0.15) is 0 Å². The first kappa shape index (κ1) is 12.0. The molecule has 3 rings (SSSR count). The average molecular weight is 256 g/mol. The molecule has 1 N–H and O–H groups in total. The quantitative estimate of drug-likeness (QED) is 0.890. The van der Waals surface area contributed by atoms with Gasteiger partial charge in [0.15, 0.2) is 5.82 Å². The Morgan fingerprint density at radius 1 is 1.32 bits per heavy atom. The van der Waals surface area contributed by atoms with Crippen molar-refractivity contribution >= 4 is 5.82 Å². The van der Waals surface area contributed by atoms with Crippen molar-refractivity contribution in [3.8, 4) is 11.5 Å². The van der Waals surface area contributed by atoms with E-state index in [4.69, 9.17) is 4.74 Å². The van der Waals surface area contributed by atoms with Crippen LogP contribution >= 0.6 is 0 Å². The predicted octanol–water partition coefficient (Wildman–Crippen LogP) is 1.96. The van der Waals surface area contributed by atoms with Crippen LogP contribution in [0.3, 0.4) is 0 Å². The first-order valence-corrected chi connectivity index (χ1v) is 6.36. The summed E-state index contributed by atoms with van der Waals surface area (Å²) in [5.74, 6) is 1.51. The van der Waals surface area contributed by atoms with Crippen LogP contribution in [0.15, 0.2) is 18.3 Å². The monoisotopic (exact) mass is 256 g/mol. The summed E-state index contributed by atoms with van der Waals surface area (Å²) >= 11 is 0. The van der Waals surface area contributed by atoms with Gasteiger partial charge in [-0.05, 0) is 24.6 Å². The molecule has 1 aliphatic heterocycles. The standard InChI is InChI=1S/C14H16N4O/c1-9-3-5-16-12(7-9)14-17-11-4-6-19-8-10(11)13(15-2)18-14/h3,5,7H,4,6,8H2,1-2H3,(H,15,17,18). The highest BCUT2D eigenvalue weighted by Gasteiger charge is 2.18. The first-order chi connectivity index (χ1) is 9.28. The zero-order chi connectivity index (χ0) is 13.2. The Kier molecular flexibility index (Phi) is 3.13. The van der Waals surface area contributed by atoms with Gasteiger partial charge in [0.05, 0.1) is 18.9 Å². The van der Waals surface area contributed by atoms with Gasteiger partial charge in [0.2, 0.25) is 0 Å². The number of anilines is 1. The fourth-order valence-electron chi connectivity index (χ4n) is 2.21. The SMILES string of the molecule is CNc1nc(-c2cc(C)ccn2)nc2c1COCC2. The van der Waals surface area contributed by atoms with Crippen LogP contribution in [-0.2, 0) is 17.8 Å². The van der Waals surface area contributed by atoms with Gasteiger partial charge < -0.3 is 10.1 Å². The Morgan fingerprint density at radius 3 is 3.00 bits per heavy atom. The minimum atomic E-state index is 0.576. The maximum atomic E-state index is 5.47. The largest absolute Gasteiger partial charge is 0.376 e. The summed E-state index contributed by atoms with van der Waals surface area (Å²) in [6.07, 6.45) is 2.61. The summed E-state index contributed by atoms with van der Waals surface area (Å²) in [7, 11) is 1.87. The van der Waals surface area contributed by atoms with Gasteiger partial charge in [-0.25, -0.2) is 9.97 Å². The molecule has 0 fully saturated rings. The second-order valence-electron chi connectivity index (χ2n) is 4.59. The van der Waals surface area contributed by atoms with Gasteiger partial charge in [0.25, 0.3) is 0 Å². The van der Waals surface area contributed by atoms with Crippen LogP contribution in [0.1, 0.15) is 16.8 Å². The van der Waals surface area contributed by atoms with Gasteiger partial charge in [-0.3, -0.25) is 4.98 Å². The van der Waals surface area contributed by atoms with E-state index in [1.165, 1.54) is 0 Å². The number of hydrogen-bond donors (Lipinski definition) is 1. The minimum Gasteiger partial charge on any atom is -0.376 e. The lowest BCUT2D eigenvalue weighted by Crippen LogP contribution is -2.16. The lowest BCUT2D eigenvalue weighted by Gasteiger charge is -2.19. The normalized spacial score (nSPS) is 14.0. The maximum absolute atomic E-state index is 5.47. The Labute approximate surface area is 112 Å². The zero-order valence-electron chi connectivity index (χ0n) is 11.1. The molecular formula is C14H16N4O. The molecule has 3 heterocycles. The zero-order valence-corrected chi connectivity index (χ0v) is 11.1. The Hall–Kier alpha value is -2.01. The van der Waals surface area contributed by atoms with Crippen molar-refractivity contribution in [2.45, 2.75) is 20.0 Å². The van der Waals surface area contributed by atoms with Crippen LogP contribution < -0.4 is 5.32 Å². The van der Waals surface area contributed by atoms with E-state index in [0.29, 0.717) is 19.0 Å². The summed E-state index contributed by atoms with van der Waals surface area (Å²) in [6, 6.07) is 3.97. The van der Waals surface area contributed by atoms with Crippen molar-refractivity contribution in [2.24, 2.45) is 0 Å². The van der Waals surface area contributed by atoms with Crippen molar-refractivity contribution in [3.63, 3.8) is 0 Å². The molecule has 98 valence electrons. The first-order valence-electron chi connectivity index (χ1n) is 6.36. The van der Waals surface area contributed by atoms with Crippen molar-refractivity contribution < 1.29 is 4.74 Å². The third-order valence-electron chi connectivity index (χ3n) is 3.20. The highest BCUT2D eigenvalue weighted by Crippen LogP contribution is 2.25. The predicted molar refractivity (Wildman–Crippen MR) is 72.9 cm³/mol. The summed E-state index contributed by atoms with van der Waals surface area (Å²) in [5.41, 5.74) is 4.08. The molecule has 0 radical (unpaired) electrons. The van der Waals surface area contributed by atoms with Crippen molar-refractivity contribution in [1.29, 1.82) is 0 Å². The Morgan fingerprint density at radius 2 is 2.21 bits per heavy atom. The molecule has 2 aromatic heterocycles. The third-order valence-corrected chi connectivity index (χ3v) is 3.20. The highest BCUT2D eigenvalue weighted by molar-refractivity contribution is 5.57. The van der Waals surface area contributed by atoms with Crippen LogP contribution in [0, 0.1) is 6.92 Å². The number of pyridine rings is 1. The van der Waals surface area contributed by atoms with E-state index in [9.17, 15) is 0 Å². The van der Waals surface area contributed by atoms with E-state index in [1.54, 1.807) is 6.20 Å². The van der Waals surface area contributed by atoms with Crippen molar-refractivity contribution in [1.82, 2.24) is 15.0 Å². The van der Waals surface area contributed by atoms with Gasteiger partial charge in [-0.15, -0.1) is 0 Å². The number of hydrogen-bond acceptors (Lipinski definition) is 5. The number of nitrogens with zero attached hydrogens (tertiary/aromatic N) is 3. The number of ether oxygens (including phenoxy) is 1. The van der Waals surface area contributed by atoms with E-state index in [0.717, 1.165) is 34.8 Å². The van der Waals surface area contributed by atoms with Crippen LogP contribution in [0.5, 0.6) is 0 Å². The van der Waals surface area contributed by atoms with Gasteiger partial charge in [0.1, 0.15) is 11.5 Å². The number of aromatic nitrogens is 3. The topological polar surface area (TPSA) is 59.9 Å². The molecule has 0 unspecified atom stereocenters. The molecule has 5 nitrogen and oxygen atoms in total. The second-order valence-corrected chi connectivity index (χ2v) is 4.59. The van der Waals surface area contributed by atoms with Crippen LogP contribution in [-0.4, -0.2) is 28.6 Å². The fourth-order valence-corrected chi connectivity index (χ4v) is 2.21. The molecule has 1 aliphatic rings. The number of fused-ring (bicyclic) bond motifs is 1. The van der Waals surface area contributed by atoms with E-state index >= 15 is 0 Å². The number of aryl methyl sites for hydroxylation is 1. The molecule has 0 aromatic carbocycles. The molecule has 0 amide bonds. The van der Waals surface area contributed by atoms with Crippen LogP contribution in [0.25, 0.3) is 11.5 Å². The number of rotatable bonds is 2. The molecule has 5 heteroatoms. The molecule has 19 heavy (non-hydrogen) atoms. The van der Waals surface area contributed by atoms with E-state index in [2.05, 4.69) is 20.3 Å². The van der Waals surface area contributed by atoms with Crippen molar-refractivity contribution in [3.05, 3.63) is 35.2 Å². The van der Waals surface area contributed by atoms with Crippen molar-refractivity contribution in [2.75, 3.05) is 19.0 Å². The molecule has 0 spiro atoms. The molecule has 0 atom stereocenters. The smallest absolute Gasteiger partial charge is 0.180 e. The second kappa shape index (κ2) is 4.93. The van der Waals surface area contributed by atoms with Gasteiger partial charge >= 0.3 is 0 Å². The fraction of sp³-hybridized carbons (Fsp3) is 0.357. The van der Waals surface area contributed by atoms with Crippen LogP contribution in [0.4, 0.5) is 5.82 Å². The lowest BCUT2D eigenvalue weighted by molar-refractivity contribution is 0.109. The molecule has 0 saturated carbocycles. The Balaban J connectivity index is 2.12. The Bertz CT molecular complexity index is 595. The maximum Gasteiger partial charge on any atom is 0.180 e. The van der Waals surface area contributed by atoms with E-state index in [1.807, 2.05) is 26.1 Å². The number of nitrogens with one attached hydrogen (secondary N) is 1. The minimum absolute atomic E-state index is 0.576. The third kappa shape index (κ3) is 2.29. The van der Waals surface area contributed by atoms with E-state index in [-0.39, 0.29) is 0 Å². The average Bonchev–Trinajstić information content (AvgIpc) is 2.46. The van der Waals surface area contributed by atoms with Gasteiger partial charge in [0, 0.05) is 25.2 Å².